The van der Waals surface area contributed by atoms with Crippen LogP contribution in [0.3, 0.4) is 0 Å². The number of hydrogen-bond donors (Lipinski definition) is 1. The number of carbonyl (C=O) groups is 1. The van der Waals surface area contributed by atoms with Crippen molar-refractivity contribution in [2.75, 3.05) is 13.1 Å². The van der Waals surface area contributed by atoms with Crippen LogP contribution in [0, 0.1) is 0 Å². The van der Waals surface area contributed by atoms with Crippen molar-refractivity contribution in [3.8, 4) is 0 Å². The molecule has 0 aliphatic carbocycles. The molecule has 0 spiro atoms. The Kier molecular flexibility index (Phi) is 4.93. The number of nitrogens with one attached hydrogen (secondary N) is 1. The van der Waals surface area contributed by atoms with Crippen molar-refractivity contribution < 1.29 is 13.9 Å². The summed E-state index contributed by atoms with van der Waals surface area (Å²) < 4.78 is 10.5. The average molecular weight is 294 g/mol. The van der Waals surface area contributed by atoms with E-state index in [1.54, 1.807) is 17.4 Å². The third kappa shape index (κ3) is 4.77. The van der Waals surface area contributed by atoms with E-state index in [4.69, 9.17) is 9.15 Å². The molecule has 1 amide bonds. The van der Waals surface area contributed by atoms with Crippen molar-refractivity contribution in [3.05, 3.63) is 24.2 Å². The zero-order valence-electron chi connectivity index (χ0n) is 13.4. The number of likely N-dealkylation sites (tertiary alicyclic amines) is 1. The lowest BCUT2D eigenvalue weighted by Gasteiger charge is -2.34. The summed E-state index contributed by atoms with van der Waals surface area (Å²) in [5.74, 6) is 0. The molecule has 1 aromatic heterocycles. The molecule has 1 aromatic rings. The van der Waals surface area contributed by atoms with Crippen LogP contribution in [0.1, 0.15) is 52.1 Å². The van der Waals surface area contributed by atoms with Crippen LogP contribution in [-0.4, -0.2) is 35.7 Å². The smallest absolute Gasteiger partial charge is 0.410 e. The second-order valence-electron chi connectivity index (χ2n) is 6.69. The minimum absolute atomic E-state index is 0.205. The summed E-state index contributed by atoms with van der Waals surface area (Å²) in [6.45, 7) is 9.30. The Labute approximate surface area is 126 Å². The Morgan fingerprint density at radius 2 is 2.10 bits per heavy atom. The molecule has 1 aliphatic heterocycles. The van der Waals surface area contributed by atoms with Crippen molar-refractivity contribution in [1.29, 1.82) is 0 Å². The topological polar surface area (TPSA) is 54.7 Å². The largest absolute Gasteiger partial charge is 0.472 e. The molecule has 1 saturated heterocycles. The summed E-state index contributed by atoms with van der Waals surface area (Å²) in [4.78, 5) is 13.8. The molecule has 1 fully saturated rings. The van der Waals surface area contributed by atoms with Crippen LogP contribution in [0.5, 0.6) is 0 Å². The van der Waals surface area contributed by atoms with E-state index < -0.39 is 5.60 Å². The number of amides is 1. The van der Waals surface area contributed by atoms with E-state index in [9.17, 15) is 4.79 Å². The first-order chi connectivity index (χ1) is 9.85. The highest BCUT2D eigenvalue weighted by Gasteiger charge is 2.27. The number of nitrogens with zero attached hydrogens (tertiary/aromatic N) is 1. The maximum atomic E-state index is 12.0. The zero-order chi connectivity index (χ0) is 15.5. The standard InChI is InChI=1S/C16H26N2O3/c1-12(13-7-10-20-11-13)17-14-5-8-18(9-6-14)15(19)21-16(2,3)4/h7,10-12,14,17H,5-6,8-9H2,1-4H3. The first kappa shape index (κ1) is 15.9. The van der Waals surface area contributed by atoms with Crippen molar-refractivity contribution in [2.24, 2.45) is 0 Å². The highest BCUT2D eigenvalue weighted by Crippen LogP contribution is 2.19. The third-order valence-corrected chi connectivity index (χ3v) is 3.68. The predicted octanol–water partition coefficient (Wildman–Crippen LogP) is 3.33. The van der Waals surface area contributed by atoms with Gasteiger partial charge in [-0.25, -0.2) is 4.79 Å². The molecule has 5 nitrogen and oxygen atoms in total. The molecule has 118 valence electrons. The molecule has 0 bridgehead atoms. The second kappa shape index (κ2) is 6.52. The van der Waals surface area contributed by atoms with Crippen LogP contribution in [0.4, 0.5) is 4.79 Å². The minimum atomic E-state index is -0.429. The summed E-state index contributed by atoms with van der Waals surface area (Å²) in [5, 5.41) is 3.59. The van der Waals surface area contributed by atoms with E-state index in [1.807, 2.05) is 26.8 Å². The maximum Gasteiger partial charge on any atom is 0.410 e. The Morgan fingerprint density at radius 1 is 1.43 bits per heavy atom. The van der Waals surface area contributed by atoms with Gasteiger partial charge < -0.3 is 19.4 Å². The van der Waals surface area contributed by atoms with Crippen molar-refractivity contribution in [3.63, 3.8) is 0 Å². The SMILES string of the molecule is CC(NC1CCN(C(=O)OC(C)(C)C)CC1)c1ccoc1. The maximum absolute atomic E-state index is 12.0. The molecule has 0 aromatic carbocycles. The molecule has 2 heterocycles. The molecular formula is C16H26N2O3. The van der Waals surface area contributed by atoms with Gasteiger partial charge in [0.05, 0.1) is 12.5 Å². The Bertz CT molecular complexity index is 443. The lowest BCUT2D eigenvalue weighted by atomic mass is 10.0. The molecule has 21 heavy (non-hydrogen) atoms. The third-order valence-electron chi connectivity index (χ3n) is 3.68. The van der Waals surface area contributed by atoms with Gasteiger partial charge in [0.25, 0.3) is 0 Å². The van der Waals surface area contributed by atoms with E-state index in [1.165, 1.54) is 0 Å². The second-order valence-corrected chi connectivity index (χ2v) is 6.69. The number of rotatable bonds is 3. The van der Waals surface area contributed by atoms with E-state index >= 15 is 0 Å². The van der Waals surface area contributed by atoms with Crippen molar-refractivity contribution in [1.82, 2.24) is 10.2 Å². The van der Waals surface area contributed by atoms with E-state index in [-0.39, 0.29) is 12.1 Å². The number of piperidine rings is 1. The summed E-state index contributed by atoms with van der Waals surface area (Å²) in [6, 6.07) is 2.67. The van der Waals surface area contributed by atoms with Crippen molar-refractivity contribution >= 4 is 6.09 Å². The van der Waals surface area contributed by atoms with Crippen LogP contribution >= 0.6 is 0 Å². The van der Waals surface area contributed by atoms with Gasteiger partial charge in [0, 0.05) is 30.7 Å². The quantitative estimate of drug-likeness (QED) is 0.929. The normalized spacial score (nSPS) is 18.6. The Balaban J connectivity index is 1.77. The Morgan fingerprint density at radius 3 is 2.62 bits per heavy atom. The Hall–Kier alpha value is -1.49. The van der Waals surface area contributed by atoms with E-state index in [2.05, 4.69) is 12.2 Å². The van der Waals surface area contributed by atoms with E-state index in [0.717, 1.165) is 31.5 Å². The van der Waals surface area contributed by atoms with Gasteiger partial charge in [-0.15, -0.1) is 0 Å². The summed E-state index contributed by atoms with van der Waals surface area (Å²) in [5.41, 5.74) is 0.728. The minimum Gasteiger partial charge on any atom is -0.472 e. The highest BCUT2D eigenvalue weighted by atomic mass is 16.6. The number of ether oxygens (including phenoxy) is 1. The molecule has 1 N–H and O–H groups in total. The average Bonchev–Trinajstić information content (AvgIpc) is 2.91. The number of hydrogen-bond acceptors (Lipinski definition) is 4. The lowest BCUT2D eigenvalue weighted by Crippen LogP contribution is -2.46. The number of carbonyl (C=O) groups excluding carboxylic acids is 1. The highest BCUT2D eigenvalue weighted by molar-refractivity contribution is 5.68. The van der Waals surface area contributed by atoms with Crippen LogP contribution in [0.2, 0.25) is 0 Å². The van der Waals surface area contributed by atoms with Gasteiger partial charge in [-0.2, -0.15) is 0 Å². The van der Waals surface area contributed by atoms with Crippen LogP contribution in [0.15, 0.2) is 23.0 Å². The first-order valence-electron chi connectivity index (χ1n) is 7.61. The fourth-order valence-corrected chi connectivity index (χ4v) is 2.53. The molecule has 1 unspecified atom stereocenters. The first-order valence-corrected chi connectivity index (χ1v) is 7.61. The summed E-state index contributed by atoms with van der Waals surface area (Å²) in [7, 11) is 0. The van der Waals surface area contributed by atoms with Crippen LogP contribution in [-0.2, 0) is 4.74 Å². The molecule has 0 saturated carbocycles. The monoisotopic (exact) mass is 294 g/mol. The molecule has 1 atom stereocenters. The van der Waals surface area contributed by atoms with Gasteiger partial charge in [-0.3, -0.25) is 0 Å². The van der Waals surface area contributed by atoms with Gasteiger partial charge in [-0.05, 0) is 46.6 Å². The number of furan rings is 1. The summed E-state index contributed by atoms with van der Waals surface area (Å²) >= 11 is 0. The van der Waals surface area contributed by atoms with Gasteiger partial charge in [0.15, 0.2) is 0 Å². The summed E-state index contributed by atoms with van der Waals surface area (Å²) in [6.07, 6.45) is 5.15. The zero-order valence-corrected chi connectivity index (χ0v) is 13.4. The van der Waals surface area contributed by atoms with Crippen molar-refractivity contribution in [2.45, 2.75) is 58.2 Å². The lowest BCUT2D eigenvalue weighted by molar-refractivity contribution is 0.0196. The molecule has 2 rings (SSSR count). The molecule has 5 heteroatoms. The fraction of sp³-hybridized carbons (Fsp3) is 0.688. The molecular weight excluding hydrogens is 268 g/mol. The predicted molar refractivity (Wildman–Crippen MR) is 81.1 cm³/mol. The van der Waals surface area contributed by atoms with Crippen LogP contribution < -0.4 is 5.32 Å². The van der Waals surface area contributed by atoms with Gasteiger partial charge in [-0.1, -0.05) is 0 Å². The molecule has 0 radical (unpaired) electrons. The molecule has 1 aliphatic rings. The van der Waals surface area contributed by atoms with Gasteiger partial charge in [0.1, 0.15) is 5.60 Å². The van der Waals surface area contributed by atoms with Gasteiger partial charge in [0.2, 0.25) is 0 Å². The fourth-order valence-electron chi connectivity index (χ4n) is 2.53. The van der Waals surface area contributed by atoms with Gasteiger partial charge >= 0.3 is 6.09 Å². The van der Waals surface area contributed by atoms with E-state index in [0.29, 0.717) is 6.04 Å². The van der Waals surface area contributed by atoms with Crippen LogP contribution in [0.25, 0.3) is 0 Å².